The first-order valence-corrected chi connectivity index (χ1v) is 8.39. The summed E-state index contributed by atoms with van der Waals surface area (Å²) in [7, 11) is -3.05. The summed E-state index contributed by atoms with van der Waals surface area (Å²) in [5, 5.41) is 5.48. The van der Waals surface area contributed by atoms with Crippen molar-refractivity contribution in [3.8, 4) is 0 Å². The lowest BCUT2D eigenvalue weighted by Crippen LogP contribution is -2.27. The molecular weight excluding hydrogens is 256 g/mol. The van der Waals surface area contributed by atoms with Gasteiger partial charge in [0.1, 0.15) is 0 Å². The first-order valence-electron chi connectivity index (χ1n) is 5.62. The smallest absolute Gasteiger partial charge is 0.208 e. The molecule has 0 aliphatic heterocycles. The van der Waals surface area contributed by atoms with Crippen LogP contribution in [0.4, 0.5) is 0 Å². The molecule has 0 aliphatic rings. The quantitative estimate of drug-likeness (QED) is 0.745. The Bertz CT molecular complexity index is 440. The predicted octanol–water partition coefficient (Wildman–Crippen LogP) is 1.65. The molecule has 0 spiro atoms. The summed E-state index contributed by atoms with van der Waals surface area (Å²) in [6.45, 7) is 5.53. The molecule has 0 aromatic carbocycles. The van der Waals surface area contributed by atoms with Gasteiger partial charge in [0.05, 0.1) is 6.26 Å². The molecule has 0 aliphatic carbocycles. The number of aryl methyl sites for hydroxylation is 1. The van der Waals surface area contributed by atoms with E-state index in [1.54, 1.807) is 11.3 Å². The SMILES string of the molecule is Cc1ccsc1C(C)NCCCNS(C)(=O)=O. The van der Waals surface area contributed by atoms with Crippen LogP contribution >= 0.6 is 11.3 Å². The highest BCUT2D eigenvalue weighted by atomic mass is 32.2. The van der Waals surface area contributed by atoms with Gasteiger partial charge in [0.2, 0.25) is 10.0 Å². The third kappa shape index (κ3) is 5.63. The number of hydrogen-bond acceptors (Lipinski definition) is 4. The van der Waals surface area contributed by atoms with E-state index in [2.05, 4.69) is 35.3 Å². The molecule has 1 atom stereocenters. The van der Waals surface area contributed by atoms with E-state index in [1.807, 2.05) is 0 Å². The van der Waals surface area contributed by atoms with E-state index < -0.39 is 10.0 Å². The molecule has 0 radical (unpaired) electrons. The van der Waals surface area contributed by atoms with Gasteiger partial charge < -0.3 is 5.32 Å². The molecule has 0 bridgehead atoms. The summed E-state index contributed by atoms with van der Waals surface area (Å²) in [6, 6.07) is 2.44. The first-order chi connectivity index (χ1) is 7.90. The molecule has 1 rings (SSSR count). The molecule has 0 saturated carbocycles. The Balaban J connectivity index is 2.22. The molecule has 1 unspecified atom stereocenters. The lowest BCUT2D eigenvalue weighted by atomic mass is 10.2. The van der Waals surface area contributed by atoms with Crippen LogP contribution in [0.2, 0.25) is 0 Å². The first kappa shape index (κ1) is 14.6. The highest BCUT2D eigenvalue weighted by molar-refractivity contribution is 7.88. The van der Waals surface area contributed by atoms with Crippen LogP contribution in [0.15, 0.2) is 11.4 Å². The average molecular weight is 276 g/mol. The minimum Gasteiger partial charge on any atom is -0.309 e. The van der Waals surface area contributed by atoms with Gasteiger partial charge >= 0.3 is 0 Å². The predicted molar refractivity (Wildman–Crippen MR) is 72.9 cm³/mol. The Kier molecular flexibility index (Phi) is 5.58. The van der Waals surface area contributed by atoms with Crippen molar-refractivity contribution < 1.29 is 8.42 Å². The van der Waals surface area contributed by atoms with Crippen LogP contribution in [0.5, 0.6) is 0 Å². The minimum absolute atomic E-state index is 0.327. The molecule has 4 nitrogen and oxygen atoms in total. The van der Waals surface area contributed by atoms with Gasteiger partial charge in [-0.05, 0) is 43.8 Å². The second kappa shape index (κ2) is 6.49. The van der Waals surface area contributed by atoms with Gasteiger partial charge in [-0.25, -0.2) is 13.1 Å². The lowest BCUT2D eigenvalue weighted by Gasteiger charge is -2.13. The summed E-state index contributed by atoms with van der Waals surface area (Å²) >= 11 is 1.75. The zero-order chi connectivity index (χ0) is 12.9. The third-order valence-corrected chi connectivity index (χ3v) is 4.39. The van der Waals surface area contributed by atoms with E-state index in [1.165, 1.54) is 16.7 Å². The number of nitrogens with one attached hydrogen (secondary N) is 2. The zero-order valence-electron chi connectivity index (χ0n) is 10.5. The second-order valence-electron chi connectivity index (χ2n) is 4.16. The maximum atomic E-state index is 10.8. The number of rotatable bonds is 7. The van der Waals surface area contributed by atoms with Crippen LogP contribution in [0.3, 0.4) is 0 Å². The van der Waals surface area contributed by atoms with Crippen molar-refractivity contribution in [1.29, 1.82) is 0 Å². The fraction of sp³-hybridized carbons (Fsp3) is 0.636. The van der Waals surface area contributed by atoms with Gasteiger partial charge in [-0.15, -0.1) is 11.3 Å². The van der Waals surface area contributed by atoms with Gasteiger partial charge in [-0.3, -0.25) is 0 Å². The van der Waals surface area contributed by atoms with Crippen molar-refractivity contribution in [3.05, 3.63) is 21.9 Å². The van der Waals surface area contributed by atoms with E-state index in [0.717, 1.165) is 13.0 Å². The molecule has 98 valence electrons. The maximum Gasteiger partial charge on any atom is 0.208 e. The Morgan fingerprint density at radius 3 is 2.65 bits per heavy atom. The fourth-order valence-corrected chi connectivity index (χ4v) is 3.06. The fourth-order valence-electron chi connectivity index (χ4n) is 1.59. The van der Waals surface area contributed by atoms with Crippen molar-refractivity contribution in [1.82, 2.24) is 10.0 Å². The standard InChI is InChI=1S/C11H20N2O2S2/c1-9-5-8-16-11(9)10(2)12-6-4-7-13-17(3,14)15/h5,8,10,12-13H,4,6-7H2,1-3H3. The average Bonchev–Trinajstić information content (AvgIpc) is 2.62. The van der Waals surface area contributed by atoms with Crippen molar-refractivity contribution >= 4 is 21.4 Å². The van der Waals surface area contributed by atoms with Gasteiger partial charge in [-0.2, -0.15) is 0 Å². The van der Waals surface area contributed by atoms with Crippen LogP contribution in [-0.2, 0) is 10.0 Å². The van der Waals surface area contributed by atoms with Gasteiger partial charge in [0, 0.05) is 17.5 Å². The number of hydrogen-bond donors (Lipinski definition) is 2. The molecule has 6 heteroatoms. The van der Waals surface area contributed by atoms with Crippen LogP contribution < -0.4 is 10.0 Å². The van der Waals surface area contributed by atoms with Gasteiger partial charge in [0.25, 0.3) is 0 Å². The molecular formula is C11H20N2O2S2. The Morgan fingerprint density at radius 1 is 1.41 bits per heavy atom. The Morgan fingerprint density at radius 2 is 2.12 bits per heavy atom. The van der Waals surface area contributed by atoms with Crippen molar-refractivity contribution in [3.63, 3.8) is 0 Å². The molecule has 2 N–H and O–H groups in total. The van der Waals surface area contributed by atoms with Crippen molar-refractivity contribution in [2.75, 3.05) is 19.3 Å². The summed E-state index contributed by atoms with van der Waals surface area (Å²) in [6.07, 6.45) is 1.97. The maximum absolute atomic E-state index is 10.8. The Hall–Kier alpha value is -0.430. The van der Waals surface area contributed by atoms with Crippen LogP contribution in [0, 0.1) is 6.92 Å². The number of thiophene rings is 1. The van der Waals surface area contributed by atoms with E-state index >= 15 is 0 Å². The largest absolute Gasteiger partial charge is 0.309 e. The highest BCUT2D eigenvalue weighted by Crippen LogP contribution is 2.23. The van der Waals surface area contributed by atoms with E-state index in [-0.39, 0.29) is 0 Å². The van der Waals surface area contributed by atoms with Crippen molar-refractivity contribution in [2.45, 2.75) is 26.3 Å². The normalized spacial score (nSPS) is 13.8. The lowest BCUT2D eigenvalue weighted by molar-refractivity contribution is 0.552. The Labute approximate surface area is 107 Å². The number of sulfonamides is 1. The van der Waals surface area contributed by atoms with E-state index in [9.17, 15) is 8.42 Å². The topological polar surface area (TPSA) is 58.2 Å². The molecule has 1 aromatic heterocycles. The minimum atomic E-state index is -3.05. The van der Waals surface area contributed by atoms with Crippen molar-refractivity contribution in [2.24, 2.45) is 0 Å². The summed E-state index contributed by atoms with van der Waals surface area (Å²) in [4.78, 5) is 1.35. The monoisotopic (exact) mass is 276 g/mol. The van der Waals surface area contributed by atoms with E-state index in [0.29, 0.717) is 12.6 Å². The molecule has 0 fully saturated rings. The van der Waals surface area contributed by atoms with Crippen LogP contribution in [0.1, 0.15) is 29.8 Å². The van der Waals surface area contributed by atoms with Crippen LogP contribution in [0.25, 0.3) is 0 Å². The third-order valence-electron chi connectivity index (χ3n) is 2.46. The molecule has 1 heterocycles. The zero-order valence-corrected chi connectivity index (χ0v) is 12.1. The van der Waals surface area contributed by atoms with Gasteiger partial charge in [-0.1, -0.05) is 0 Å². The summed E-state index contributed by atoms with van der Waals surface area (Å²) in [5.74, 6) is 0. The van der Waals surface area contributed by atoms with Gasteiger partial charge in [0.15, 0.2) is 0 Å². The highest BCUT2D eigenvalue weighted by Gasteiger charge is 2.08. The molecule has 1 aromatic rings. The molecule has 0 amide bonds. The molecule has 0 saturated heterocycles. The van der Waals surface area contributed by atoms with E-state index in [4.69, 9.17) is 0 Å². The molecule has 17 heavy (non-hydrogen) atoms. The summed E-state index contributed by atoms with van der Waals surface area (Å²) < 4.78 is 24.1. The van der Waals surface area contributed by atoms with Crippen LogP contribution in [-0.4, -0.2) is 27.8 Å². The second-order valence-corrected chi connectivity index (χ2v) is 6.94. The summed E-state index contributed by atoms with van der Waals surface area (Å²) in [5.41, 5.74) is 1.31.